The maximum Gasteiger partial charge on any atom is 0.107 e. The Morgan fingerprint density at radius 1 is 1.50 bits per heavy atom. The molecule has 0 aliphatic heterocycles. The lowest BCUT2D eigenvalue weighted by Gasteiger charge is -2.14. The van der Waals surface area contributed by atoms with Crippen LogP contribution < -0.4 is 11.1 Å². The van der Waals surface area contributed by atoms with E-state index in [0.717, 1.165) is 28.6 Å². The number of hydrogen-bond donors (Lipinski definition) is 2. The second-order valence-corrected chi connectivity index (χ2v) is 6.05. The summed E-state index contributed by atoms with van der Waals surface area (Å²) in [4.78, 5) is 1.62. The maximum atomic E-state index is 5.83. The molecule has 0 saturated heterocycles. The molecular formula is C14H20N2S2. The summed E-state index contributed by atoms with van der Waals surface area (Å²) in [6, 6.07) is 6.18. The number of nitrogens with one attached hydrogen (secondary N) is 1. The smallest absolute Gasteiger partial charge is 0.107 e. The standard InChI is InChI=1S/C14H20N2S2/c1-18-12-6-2-5-11(13(12)14(15)17)16-9-3-4-10-7-8-10/h2,5-6,10,16H,3-4,7-9H2,1H3,(H2,15,17). The number of hydrogen-bond acceptors (Lipinski definition) is 3. The molecule has 1 saturated carbocycles. The molecule has 18 heavy (non-hydrogen) atoms. The van der Waals surface area contributed by atoms with Crippen molar-refractivity contribution in [2.75, 3.05) is 18.1 Å². The molecule has 3 N–H and O–H groups in total. The number of benzene rings is 1. The quantitative estimate of drug-likeness (QED) is 0.454. The minimum absolute atomic E-state index is 0.477. The molecule has 0 heterocycles. The summed E-state index contributed by atoms with van der Waals surface area (Å²) in [5.41, 5.74) is 7.90. The van der Waals surface area contributed by atoms with Gasteiger partial charge in [0.25, 0.3) is 0 Å². The third kappa shape index (κ3) is 3.62. The van der Waals surface area contributed by atoms with Crippen molar-refractivity contribution in [3.05, 3.63) is 23.8 Å². The van der Waals surface area contributed by atoms with E-state index >= 15 is 0 Å². The third-order valence-electron chi connectivity index (χ3n) is 3.29. The average Bonchev–Trinajstić information content (AvgIpc) is 3.18. The van der Waals surface area contributed by atoms with Crippen LogP contribution in [0.4, 0.5) is 5.69 Å². The Morgan fingerprint density at radius 3 is 2.89 bits per heavy atom. The van der Waals surface area contributed by atoms with Gasteiger partial charge in [-0.15, -0.1) is 11.8 Å². The fourth-order valence-electron chi connectivity index (χ4n) is 2.12. The van der Waals surface area contributed by atoms with Gasteiger partial charge in [-0.1, -0.05) is 31.1 Å². The van der Waals surface area contributed by atoms with Crippen LogP contribution in [-0.2, 0) is 0 Å². The van der Waals surface area contributed by atoms with Gasteiger partial charge in [0.1, 0.15) is 4.99 Å². The lowest BCUT2D eigenvalue weighted by Crippen LogP contribution is -2.15. The molecule has 0 unspecified atom stereocenters. The maximum absolute atomic E-state index is 5.83. The fraction of sp³-hybridized carbons (Fsp3) is 0.500. The molecule has 1 aliphatic rings. The molecule has 4 heteroatoms. The molecule has 1 aromatic rings. The number of nitrogens with two attached hydrogens (primary N) is 1. The molecule has 1 fully saturated rings. The number of thioether (sulfide) groups is 1. The molecule has 0 aromatic heterocycles. The van der Waals surface area contributed by atoms with Crippen LogP contribution in [0.25, 0.3) is 0 Å². The lowest BCUT2D eigenvalue weighted by atomic mass is 10.1. The van der Waals surface area contributed by atoms with Crippen LogP contribution in [0.5, 0.6) is 0 Å². The van der Waals surface area contributed by atoms with Gasteiger partial charge in [0.05, 0.1) is 0 Å². The van der Waals surface area contributed by atoms with Gasteiger partial charge in [0, 0.05) is 22.7 Å². The summed E-state index contributed by atoms with van der Waals surface area (Å²) in [6.45, 7) is 1.00. The van der Waals surface area contributed by atoms with Crippen LogP contribution >= 0.6 is 24.0 Å². The van der Waals surface area contributed by atoms with Crippen LogP contribution in [0.1, 0.15) is 31.2 Å². The summed E-state index contributed by atoms with van der Waals surface area (Å²) in [7, 11) is 0. The Hall–Kier alpha value is -0.740. The summed E-state index contributed by atoms with van der Waals surface area (Å²) < 4.78 is 0. The first-order chi connectivity index (χ1) is 8.72. The minimum Gasteiger partial charge on any atom is -0.389 e. The molecule has 98 valence electrons. The van der Waals surface area contributed by atoms with Crippen molar-refractivity contribution in [2.24, 2.45) is 11.7 Å². The molecule has 2 nitrogen and oxygen atoms in total. The minimum atomic E-state index is 0.477. The van der Waals surface area contributed by atoms with Gasteiger partial charge in [-0.05, 0) is 37.1 Å². The van der Waals surface area contributed by atoms with E-state index in [9.17, 15) is 0 Å². The summed E-state index contributed by atoms with van der Waals surface area (Å²) in [6.07, 6.45) is 7.48. The highest BCUT2D eigenvalue weighted by Gasteiger charge is 2.20. The van der Waals surface area contributed by atoms with Crippen molar-refractivity contribution in [1.82, 2.24) is 0 Å². The zero-order chi connectivity index (χ0) is 13.0. The van der Waals surface area contributed by atoms with Crippen LogP contribution in [0.15, 0.2) is 23.1 Å². The zero-order valence-electron chi connectivity index (χ0n) is 10.7. The largest absolute Gasteiger partial charge is 0.389 e. The Kier molecular flexibility index (Phi) is 4.89. The van der Waals surface area contributed by atoms with E-state index in [1.165, 1.54) is 25.7 Å². The molecule has 0 radical (unpaired) electrons. The normalized spacial score (nSPS) is 14.5. The van der Waals surface area contributed by atoms with Crippen molar-refractivity contribution >= 4 is 34.7 Å². The molecule has 0 spiro atoms. The molecule has 0 amide bonds. The van der Waals surface area contributed by atoms with E-state index in [-0.39, 0.29) is 0 Å². The summed E-state index contributed by atoms with van der Waals surface area (Å²) >= 11 is 6.84. The van der Waals surface area contributed by atoms with Crippen molar-refractivity contribution in [1.29, 1.82) is 0 Å². The topological polar surface area (TPSA) is 38.0 Å². The van der Waals surface area contributed by atoms with Gasteiger partial charge in [-0.25, -0.2) is 0 Å². The van der Waals surface area contributed by atoms with Crippen molar-refractivity contribution in [3.8, 4) is 0 Å². The molecule has 0 atom stereocenters. The van der Waals surface area contributed by atoms with Crippen LogP contribution in [0.3, 0.4) is 0 Å². The fourth-order valence-corrected chi connectivity index (χ4v) is 3.05. The second kappa shape index (κ2) is 6.43. The summed E-state index contributed by atoms with van der Waals surface area (Å²) in [5, 5.41) is 3.47. The van der Waals surface area contributed by atoms with Crippen molar-refractivity contribution in [3.63, 3.8) is 0 Å². The first-order valence-electron chi connectivity index (χ1n) is 6.43. The average molecular weight is 280 g/mol. The second-order valence-electron chi connectivity index (χ2n) is 4.76. The van der Waals surface area contributed by atoms with E-state index < -0.39 is 0 Å². The van der Waals surface area contributed by atoms with Gasteiger partial charge in [-0.2, -0.15) is 0 Å². The third-order valence-corrected chi connectivity index (χ3v) is 4.28. The predicted octanol–water partition coefficient (Wildman–Crippen LogP) is 3.64. The van der Waals surface area contributed by atoms with E-state index in [0.29, 0.717) is 4.99 Å². The predicted molar refractivity (Wildman–Crippen MR) is 84.6 cm³/mol. The van der Waals surface area contributed by atoms with Gasteiger partial charge in [0.15, 0.2) is 0 Å². The lowest BCUT2D eigenvalue weighted by molar-refractivity contribution is 0.687. The highest BCUT2D eigenvalue weighted by atomic mass is 32.2. The first-order valence-corrected chi connectivity index (χ1v) is 8.06. The SMILES string of the molecule is CSc1cccc(NCCCC2CC2)c1C(N)=S. The molecule has 1 aromatic carbocycles. The highest BCUT2D eigenvalue weighted by molar-refractivity contribution is 7.98. The number of thiocarbonyl (C=S) groups is 1. The van der Waals surface area contributed by atoms with Gasteiger partial charge in [-0.3, -0.25) is 0 Å². The first kappa shape index (κ1) is 13.7. The molecule has 1 aliphatic carbocycles. The number of anilines is 1. The van der Waals surface area contributed by atoms with Crippen LogP contribution in [0.2, 0.25) is 0 Å². The van der Waals surface area contributed by atoms with E-state index in [1.807, 2.05) is 6.26 Å². The Balaban J connectivity index is 1.98. The summed E-state index contributed by atoms with van der Waals surface area (Å²) in [5.74, 6) is 0.999. The molecule has 0 bridgehead atoms. The molecular weight excluding hydrogens is 260 g/mol. The van der Waals surface area contributed by atoms with Gasteiger partial charge < -0.3 is 11.1 Å². The Morgan fingerprint density at radius 2 is 2.28 bits per heavy atom. The monoisotopic (exact) mass is 280 g/mol. The van der Waals surface area contributed by atoms with E-state index in [4.69, 9.17) is 18.0 Å². The van der Waals surface area contributed by atoms with E-state index in [2.05, 4.69) is 23.5 Å². The van der Waals surface area contributed by atoms with Crippen molar-refractivity contribution < 1.29 is 0 Å². The van der Waals surface area contributed by atoms with Gasteiger partial charge in [0.2, 0.25) is 0 Å². The van der Waals surface area contributed by atoms with Crippen molar-refractivity contribution in [2.45, 2.75) is 30.6 Å². The zero-order valence-corrected chi connectivity index (χ0v) is 12.4. The molecule has 2 rings (SSSR count). The Labute approximate surface area is 119 Å². The van der Waals surface area contributed by atoms with Crippen LogP contribution in [0, 0.1) is 5.92 Å². The van der Waals surface area contributed by atoms with Crippen LogP contribution in [-0.4, -0.2) is 17.8 Å². The van der Waals surface area contributed by atoms with E-state index in [1.54, 1.807) is 11.8 Å². The Bertz CT molecular complexity index is 428. The highest BCUT2D eigenvalue weighted by Crippen LogP contribution is 2.33. The number of rotatable bonds is 7. The van der Waals surface area contributed by atoms with Gasteiger partial charge >= 0.3 is 0 Å².